The van der Waals surface area contributed by atoms with E-state index < -0.39 is 0 Å². The van der Waals surface area contributed by atoms with Crippen molar-refractivity contribution in [3.8, 4) is 10.6 Å². The van der Waals surface area contributed by atoms with Crippen LogP contribution in [0.4, 0.5) is 5.69 Å². The number of hydrogen-bond acceptors (Lipinski definition) is 4. The summed E-state index contributed by atoms with van der Waals surface area (Å²) in [5.41, 5.74) is 6.19. The second-order valence-electron chi connectivity index (χ2n) is 2.24. The molecule has 2 aromatic rings. The van der Waals surface area contributed by atoms with Crippen LogP contribution < -0.4 is 5.73 Å². The van der Waals surface area contributed by atoms with Crippen molar-refractivity contribution in [1.29, 1.82) is 0 Å². The quantitative estimate of drug-likeness (QED) is 0.840. The molecule has 0 aliphatic heterocycles. The molecule has 62 valence electrons. The third-order valence-corrected chi connectivity index (χ3v) is 3.08. The van der Waals surface area contributed by atoms with E-state index in [9.17, 15) is 0 Å². The summed E-state index contributed by atoms with van der Waals surface area (Å²) in [6.07, 6.45) is 1.50. The minimum absolute atomic E-state index is 0.573. The number of nitrogen functional groups attached to an aromatic ring is 1. The molecule has 0 aliphatic carbocycles. The molecule has 2 heterocycles. The van der Waals surface area contributed by atoms with Crippen LogP contribution in [0.5, 0.6) is 0 Å². The number of anilines is 1. The van der Waals surface area contributed by atoms with E-state index in [0.29, 0.717) is 11.4 Å². The highest BCUT2D eigenvalue weighted by atomic mass is 79.9. The first-order chi connectivity index (χ1) is 5.77. The smallest absolute Gasteiger partial charge is 0.199 e. The maximum Gasteiger partial charge on any atom is 0.199 e. The number of hydrogen-bond donors (Lipinski definition) is 1. The normalized spacial score (nSPS) is 10.4. The first kappa shape index (κ1) is 7.82. The molecule has 2 N–H and O–H groups in total. The van der Waals surface area contributed by atoms with Crippen LogP contribution in [0.15, 0.2) is 26.6 Å². The lowest BCUT2D eigenvalue weighted by atomic mass is 10.3. The largest absolute Gasteiger partial charge is 0.394 e. The number of thiophene rings is 1. The van der Waals surface area contributed by atoms with E-state index in [1.54, 1.807) is 11.3 Å². The van der Waals surface area contributed by atoms with Crippen molar-refractivity contribution >= 4 is 33.0 Å². The number of nitrogens with two attached hydrogens (primary N) is 1. The topological polar surface area (TPSA) is 52.0 Å². The lowest BCUT2D eigenvalue weighted by Crippen LogP contribution is -1.81. The van der Waals surface area contributed by atoms with Gasteiger partial charge in [-0.3, -0.25) is 0 Å². The predicted molar refractivity (Wildman–Crippen MR) is 51.9 cm³/mol. The molecule has 0 bridgehead atoms. The maximum atomic E-state index is 5.62. The minimum atomic E-state index is 0.573. The Hall–Kier alpha value is -0.810. The summed E-state index contributed by atoms with van der Waals surface area (Å²) in [7, 11) is 0. The van der Waals surface area contributed by atoms with Gasteiger partial charge in [-0.2, -0.15) is 0 Å². The second kappa shape index (κ2) is 2.91. The van der Waals surface area contributed by atoms with Crippen LogP contribution in [0.3, 0.4) is 0 Å². The van der Waals surface area contributed by atoms with Crippen LogP contribution >= 0.6 is 27.3 Å². The first-order valence-electron chi connectivity index (χ1n) is 3.22. The van der Waals surface area contributed by atoms with Crippen molar-refractivity contribution in [3.05, 3.63) is 22.1 Å². The molecule has 0 atom stereocenters. The van der Waals surface area contributed by atoms with Gasteiger partial charge in [-0.1, -0.05) is 5.16 Å². The molecule has 3 nitrogen and oxygen atoms in total. The molecular formula is C7H5BrN2OS. The fourth-order valence-corrected chi connectivity index (χ4v) is 2.29. The van der Waals surface area contributed by atoms with Crippen LogP contribution in [0.2, 0.25) is 0 Å². The van der Waals surface area contributed by atoms with E-state index in [-0.39, 0.29) is 0 Å². The van der Waals surface area contributed by atoms with Gasteiger partial charge < -0.3 is 10.3 Å². The molecule has 0 fully saturated rings. The average Bonchev–Trinajstić information content (AvgIpc) is 2.58. The Morgan fingerprint density at radius 2 is 2.42 bits per heavy atom. The fraction of sp³-hybridized carbons (Fsp3) is 0. The van der Waals surface area contributed by atoms with E-state index in [0.717, 1.165) is 9.35 Å². The highest BCUT2D eigenvalue weighted by Gasteiger charge is 2.09. The molecule has 0 amide bonds. The van der Waals surface area contributed by atoms with Crippen molar-refractivity contribution in [1.82, 2.24) is 5.16 Å². The van der Waals surface area contributed by atoms with Crippen molar-refractivity contribution in [2.75, 3.05) is 5.73 Å². The van der Waals surface area contributed by atoms with Crippen molar-refractivity contribution in [2.45, 2.75) is 0 Å². The average molecular weight is 245 g/mol. The van der Waals surface area contributed by atoms with Gasteiger partial charge in [0.25, 0.3) is 0 Å². The van der Waals surface area contributed by atoms with Gasteiger partial charge in [0.1, 0.15) is 5.69 Å². The highest BCUT2D eigenvalue weighted by molar-refractivity contribution is 9.10. The van der Waals surface area contributed by atoms with Gasteiger partial charge in [0.15, 0.2) is 5.76 Å². The second-order valence-corrected chi connectivity index (χ2v) is 4.07. The van der Waals surface area contributed by atoms with Crippen LogP contribution in [0.1, 0.15) is 0 Å². The SMILES string of the molecule is Nc1cnoc1-c1cc(Br)cs1. The molecule has 0 unspecified atom stereocenters. The molecular weight excluding hydrogens is 240 g/mol. The lowest BCUT2D eigenvalue weighted by Gasteiger charge is -1.88. The number of rotatable bonds is 1. The van der Waals surface area contributed by atoms with Crippen LogP contribution in [0.25, 0.3) is 10.6 Å². The Balaban J connectivity index is 2.50. The maximum absolute atomic E-state index is 5.62. The zero-order valence-electron chi connectivity index (χ0n) is 5.95. The number of halogens is 1. The van der Waals surface area contributed by atoms with Gasteiger partial charge in [0.05, 0.1) is 11.1 Å². The predicted octanol–water partition coefficient (Wildman–Crippen LogP) is 2.75. The van der Waals surface area contributed by atoms with Crippen LogP contribution in [0, 0.1) is 0 Å². The Bertz CT molecular complexity index is 396. The Morgan fingerprint density at radius 3 is 2.92 bits per heavy atom. The summed E-state index contributed by atoms with van der Waals surface area (Å²) in [6.45, 7) is 0. The molecule has 2 aromatic heterocycles. The van der Waals surface area contributed by atoms with E-state index in [1.165, 1.54) is 6.20 Å². The molecule has 0 spiro atoms. The van der Waals surface area contributed by atoms with E-state index >= 15 is 0 Å². The molecule has 0 radical (unpaired) electrons. The summed E-state index contributed by atoms with van der Waals surface area (Å²) in [6, 6.07) is 1.95. The van der Waals surface area contributed by atoms with E-state index in [4.69, 9.17) is 10.3 Å². The van der Waals surface area contributed by atoms with Gasteiger partial charge in [-0.05, 0) is 22.0 Å². The molecule has 0 aliphatic rings. The van der Waals surface area contributed by atoms with Gasteiger partial charge >= 0.3 is 0 Å². The third-order valence-electron chi connectivity index (χ3n) is 1.39. The van der Waals surface area contributed by atoms with E-state index in [1.807, 2.05) is 11.4 Å². The zero-order chi connectivity index (χ0) is 8.55. The molecule has 0 aromatic carbocycles. The van der Waals surface area contributed by atoms with Gasteiger partial charge in [-0.25, -0.2) is 0 Å². The fourth-order valence-electron chi connectivity index (χ4n) is 0.867. The minimum Gasteiger partial charge on any atom is -0.394 e. The number of aromatic nitrogens is 1. The summed E-state index contributed by atoms with van der Waals surface area (Å²) in [4.78, 5) is 0.983. The van der Waals surface area contributed by atoms with E-state index in [2.05, 4.69) is 21.1 Å². The highest BCUT2D eigenvalue weighted by Crippen LogP contribution is 2.32. The Labute approximate surface area is 81.3 Å². The van der Waals surface area contributed by atoms with Crippen molar-refractivity contribution in [2.24, 2.45) is 0 Å². The molecule has 2 rings (SSSR count). The van der Waals surface area contributed by atoms with Crippen molar-refractivity contribution < 1.29 is 4.52 Å². The summed E-state index contributed by atoms with van der Waals surface area (Å²) in [5, 5.41) is 5.57. The van der Waals surface area contributed by atoms with Crippen molar-refractivity contribution in [3.63, 3.8) is 0 Å². The summed E-state index contributed by atoms with van der Waals surface area (Å²) < 4.78 is 6.00. The standard InChI is InChI=1S/C7H5BrN2OS/c8-4-1-6(12-3-4)7-5(9)2-10-11-7/h1-3H,9H2. The summed E-state index contributed by atoms with van der Waals surface area (Å²) in [5.74, 6) is 0.644. The van der Waals surface area contributed by atoms with Crippen LogP contribution in [-0.4, -0.2) is 5.16 Å². The Kier molecular flexibility index (Phi) is 1.90. The third kappa shape index (κ3) is 1.25. The monoisotopic (exact) mass is 244 g/mol. The lowest BCUT2D eigenvalue weighted by molar-refractivity contribution is 0.433. The zero-order valence-corrected chi connectivity index (χ0v) is 8.35. The van der Waals surface area contributed by atoms with Crippen LogP contribution in [-0.2, 0) is 0 Å². The first-order valence-corrected chi connectivity index (χ1v) is 4.89. The van der Waals surface area contributed by atoms with Gasteiger partial charge in [-0.15, -0.1) is 11.3 Å². The number of nitrogens with zero attached hydrogens (tertiary/aromatic N) is 1. The molecule has 12 heavy (non-hydrogen) atoms. The van der Waals surface area contributed by atoms with Gasteiger partial charge in [0.2, 0.25) is 0 Å². The molecule has 0 saturated carbocycles. The summed E-state index contributed by atoms with van der Waals surface area (Å²) >= 11 is 4.91. The molecule has 5 heteroatoms. The molecule has 0 saturated heterocycles. The Morgan fingerprint density at radius 1 is 1.58 bits per heavy atom. The van der Waals surface area contributed by atoms with Gasteiger partial charge in [0, 0.05) is 9.85 Å².